The van der Waals surface area contributed by atoms with Gasteiger partial charge in [-0.15, -0.1) is 0 Å². The van der Waals surface area contributed by atoms with Crippen LogP contribution in [-0.4, -0.2) is 46.2 Å². The molecule has 1 amide bonds. The first-order chi connectivity index (χ1) is 8.56. The lowest BCUT2D eigenvalue weighted by molar-refractivity contribution is 0.0124. The van der Waals surface area contributed by atoms with Gasteiger partial charge in [-0.25, -0.2) is 0 Å². The number of aryl methyl sites for hydroxylation is 1. The summed E-state index contributed by atoms with van der Waals surface area (Å²) in [6.45, 7) is 0.936. The highest BCUT2D eigenvalue weighted by atomic mass is 16.5. The molecule has 1 aliphatic rings. The number of amides is 1. The number of carbonyl (C=O) groups excluding carboxylic acids is 1. The van der Waals surface area contributed by atoms with E-state index >= 15 is 0 Å². The maximum atomic E-state index is 12.1. The average Bonchev–Trinajstić information content (AvgIpc) is 2.70. The molecule has 2 rings (SSSR count). The number of hydrogen-bond donors (Lipinski definition) is 3. The van der Waals surface area contributed by atoms with Crippen molar-refractivity contribution in [1.82, 2.24) is 15.1 Å². The topological polar surface area (TPSA) is 102 Å². The molecule has 7 heteroatoms. The largest absolute Gasteiger partial charge is 0.396 e. The van der Waals surface area contributed by atoms with Crippen LogP contribution in [0.4, 0.5) is 5.69 Å². The van der Waals surface area contributed by atoms with Crippen molar-refractivity contribution < 1.29 is 14.6 Å². The molecule has 0 saturated carbocycles. The lowest BCUT2D eigenvalue weighted by Gasteiger charge is -2.36. The van der Waals surface area contributed by atoms with Gasteiger partial charge in [-0.2, -0.15) is 5.10 Å². The number of ether oxygens (including phenoxy) is 1. The predicted octanol–water partition coefficient (Wildman–Crippen LogP) is -0.726. The van der Waals surface area contributed by atoms with Crippen LogP contribution in [0.25, 0.3) is 0 Å². The molecule has 0 atom stereocenters. The van der Waals surface area contributed by atoms with Crippen LogP contribution in [0.5, 0.6) is 0 Å². The molecule has 4 N–H and O–H groups in total. The summed E-state index contributed by atoms with van der Waals surface area (Å²) >= 11 is 0. The minimum absolute atomic E-state index is 0.116. The minimum Gasteiger partial charge on any atom is -0.396 e. The fourth-order valence-corrected chi connectivity index (χ4v) is 2.07. The van der Waals surface area contributed by atoms with Crippen LogP contribution >= 0.6 is 0 Å². The standard InChI is InChI=1S/C11H18N4O3/c1-15-6-8(12)9(14-15)10(17)13-11(7-16)2-4-18-5-3-11/h6,16H,2-5,7,12H2,1H3,(H,13,17). The first kappa shape index (κ1) is 12.8. The first-order valence-corrected chi connectivity index (χ1v) is 5.86. The Labute approximate surface area is 105 Å². The van der Waals surface area contributed by atoms with Crippen LogP contribution in [0.3, 0.4) is 0 Å². The minimum atomic E-state index is -0.626. The van der Waals surface area contributed by atoms with Crippen LogP contribution in [0.1, 0.15) is 23.3 Å². The van der Waals surface area contributed by atoms with Gasteiger partial charge >= 0.3 is 0 Å². The highest BCUT2D eigenvalue weighted by molar-refractivity contribution is 5.97. The van der Waals surface area contributed by atoms with Crippen molar-refractivity contribution in [1.29, 1.82) is 0 Å². The van der Waals surface area contributed by atoms with Crippen LogP contribution in [0.15, 0.2) is 6.20 Å². The summed E-state index contributed by atoms with van der Waals surface area (Å²) < 4.78 is 6.72. The van der Waals surface area contributed by atoms with Crippen molar-refractivity contribution in [2.45, 2.75) is 18.4 Å². The van der Waals surface area contributed by atoms with E-state index in [0.29, 0.717) is 31.7 Å². The lowest BCUT2D eigenvalue weighted by atomic mass is 9.91. The van der Waals surface area contributed by atoms with Crippen LogP contribution in [0.2, 0.25) is 0 Å². The van der Waals surface area contributed by atoms with E-state index in [0.717, 1.165) is 0 Å². The van der Waals surface area contributed by atoms with E-state index in [4.69, 9.17) is 10.5 Å². The zero-order chi connectivity index (χ0) is 13.2. The Balaban J connectivity index is 2.12. The molecule has 0 radical (unpaired) electrons. The summed E-state index contributed by atoms with van der Waals surface area (Å²) in [5.74, 6) is -0.357. The number of carbonyl (C=O) groups is 1. The van der Waals surface area contributed by atoms with E-state index in [1.54, 1.807) is 13.2 Å². The van der Waals surface area contributed by atoms with Gasteiger partial charge in [0, 0.05) is 26.5 Å². The number of aliphatic hydroxyl groups excluding tert-OH is 1. The molecule has 7 nitrogen and oxygen atoms in total. The fourth-order valence-electron chi connectivity index (χ4n) is 2.07. The Kier molecular flexibility index (Phi) is 3.53. The van der Waals surface area contributed by atoms with Gasteiger partial charge in [0.2, 0.25) is 0 Å². The number of rotatable bonds is 3. The normalized spacial score (nSPS) is 18.6. The maximum absolute atomic E-state index is 12.1. The molecule has 1 aliphatic heterocycles. The Morgan fingerprint density at radius 2 is 2.33 bits per heavy atom. The van der Waals surface area contributed by atoms with Crippen LogP contribution in [0, 0.1) is 0 Å². The molecule has 0 unspecified atom stereocenters. The SMILES string of the molecule is Cn1cc(N)c(C(=O)NC2(CO)CCOCC2)n1. The Bertz CT molecular complexity index is 437. The van der Waals surface area contributed by atoms with Crippen molar-refractivity contribution >= 4 is 11.6 Å². The second kappa shape index (κ2) is 4.95. The highest BCUT2D eigenvalue weighted by Gasteiger charge is 2.34. The van der Waals surface area contributed by atoms with Crippen molar-refractivity contribution in [3.8, 4) is 0 Å². The van der Waals surface area contributed by atoms with E-state index in [2.05, 4.69) is 10.4 Å². The van der Waals surface area contributed by atoms with Crippen LogP contribution in [-0.2, 0) is 11.8 Å². The van der Waals surface area contributed by atoms with E-state index in [1.807, 2.05) is 0 Å². The van der Waals surface area contributed by atoms with Crippen molar-refractivity contribution in [3.05, 3.63) is 11.9 Å². The van der Waals surface area contributed by atoms with Crippen molar-refractivity contribution in [2.75, 3.05) is 25.6 Å². The van der Waals surface area contributed by atoms with E-state index in [-0.39, 0.29) is 18.2 Å². The molecule has 18 heavy (non-hydrogen) atoms. The number of nitrogens with one attached hydrogen (secondary N) is 1. The average molecular weight is 254 g/mol. The van der Waals surface area contributed by atoms with Crippen molar-refractivity contribution in [3.63, 3.8) is 0 Å². The zero-order valence-corrected chi connectivity index (χ0v) is 10.3. The second-order valence-electron chi connectivity index (χ2n) is 4.61. The Morgan fingerprint density at radius 1 is 1.67 bits per heavy atom. The maximum Gasteiger partial charge on any atom is 0.274 e. The third-order valence-corrected chi connectivity index (χ3v) is 3.20. The molecule has 0 aromatic carbocycles. The number of nitrogens with zero attached hydrogens (tertiary/aromatic N) is 2. The highest BCUT2D eigenvalue weighted by Crippen LogP contribution is 2.21. The van der Waals surface area contributed by atoms with Crippen LogP contribution < -0.4 is 11.1 Å². The number of nitrogens with two attached hydrogens (primary N) is 1. The number of aromatic nitrogens is 2. The first-order valence-electron chi connectivity index (χ1n) is 5.86. The molecule has 1 fully saturated rings. The smallest absolute Gasteiger partial charge is 0.274 e. The molecule has 100 valence electrons. The Morgan fingerprint density at radius 3 is 2.83 bits per heavy atom. The summed E-state index contributed by atoms with van der Waals surface area (Å²) in [5.41, 5.74) is 5.60. The Hall–Kier alpha value is -1.60. The summed E-state index contributed by atoms with van der Waals surface area (Å²) in [5, 5.41) is 16.3. The summed E-state index contributed by atoms with van der Waals surface area (Å²) in [4.78, 5) is 12.1. The molecular formula is C11H18N4O3. The molecule has 2 heterocycles. The zero-order valence-electron chi connectivity index (χ0n) is 10.3. The number of hydrogen-bond acceptors (Lipinski definition) is 5. The molecule has 1 saturated heterocycles. The fraction of sp³-hybridized carbons (Fsp3) is 0.636. The molecule has 0 bridgehead atoms. The van der Waals surface area contributed by atoms with E-state index in [9.17, 15) is 9.90 Å². The molecule has 1 aromatic rings. The van der Waals surface area contributed by atoms with E-state index in [1.165, 1.54) is 4.68 Å². The molecule has 1 aromatic heterocycles. The molecule has 0 aliphatic carbocycles. The van der Waals surface area contributed by atoms with Crippen molar-refractivity contribution in [2.24, 2.45) is 7.05 Å². The van der Waals surface area contributed by atoms with Gasteiger partial charge in [-0.1, -0.05) is 0 Å². The lowest BCUT2D eigenvalue weighted by Crippen LogP contribution is -2.54. The summed E-state index contributed by atoms with van der Waals surface area (Å²) in [6.07, 6.45) is 2.74. The second-order valence-corrected chi connectivity index (χ2v) is 4.61. The third-order valence-electron chi connectivity index (χ3n) is 3.20. The van der Waals surface area contributed by atoms with E-state index < -0.39 is 5.54 Å². The monoisotopic (exact) mass is 254 g/mol. The predicted molar refractivity (Wildman–Crippen MR) is 65.0 cm³/mol. The van der Waals surface area contributed by atoms with Gasteiger partial charge in [-0.05, 0) is 12.8 Å². The van der Waals surface area contributed by atoms with Gasteiger partial charge in [0.25, 0.3) is 5.91 Å². The number of aliphatic hydroxyl groups is 1. The molecular weight excluding hydrogens is 236 g/mol. The molecule has 0 spiro atoms. The van der Waals surface area contributed by atoms with Gasteiger partial charge in [0.05, 0.1) is 17.8 Å². The van der Waals surface area contributed by atoms with Gasteiger partial charge < -0.3 is 20.9 Å². The quantitative estimate of drug-likeness (QED) is 0.660. The number of anilines is 1. The van der Waals surface area contributed by atoms with Gasteiger partial charge in [-0.3, -0.25) is 9.48 Å². The van der Waals surface area contributed by atoms with Gasteiger partial charge in [0.1, 0.15) is 0 Å². The summed E-state index contributed by atoms with van der Waals surface area (Å²) in [7, 11) is 1.70. The van der Waals surface area contributed by atoms with Gasteiger partial charge in [0.15, 0.2) is 5.69 Å². The summed E-state index contributed by atoms with van der Waals surface area (Å²) in [6, 6.07) is 0. The third kappa shape index (κ3) is 2.46. The number of nitrogen functional groups attached to an aromatic ring is 1.